The molecule has 0 amide bonds. The molecule has 0 aliphatic heterocycles. The fourth-order valence-electron chi connectivity index (χ4n) is 0.942. The first-order chi connectivity index (χ1) is 6.15. The standard InChI is InChI=1S/C10H10BrNO/c1-7(2)13-9-5-3-4-8(6-12)10(9)11/h3-5,7H,1-2H3. The summed E-state index contributed by atoms with van der Waals surface area (Å²) in [5.74, 6) is 0.717. The summed E-state index contributed by atoms with van der Waals surface area (Å²) < 4.78 is 6.22. The van der Waals surface area contributed by atoms with Crippen LogP contribution in [0, 0.1) is 11.3 Å². The van der Waals surface area contributed by atoms with Crippen molar-refractivity contribution in [3.63, 3.8) is 0 Å². The number of rotatable bonds is 2. The summed E-state index contributed by atoms with van der Waals surface area (Å²) in [6.07, 6.45) is 0.116. The Hall–Kier alpha value is -1.01. The predicted octanol–water partition coefficient (Wildman–Crippen LogP) is 3.11. The molecule has 0 aromatic heterocycles. The van der Waals surface area contributed by atoms with Gasteiger partial charge in [0.2, 0.25) is 0 Å². The third-order valence-corrected chi connectivity index (χ3v) is 2.26. The maximum atomic E-state index is 8.74. The second-order valence-electron chi connectivity index (χ2n) is 2.90. The molecule has 0 spiro atoms. The third-order valence-electron chi connectivity index (χ3n) is 1.45. The van der Waals surface area contributed by atoms with E-state index in [4.69, 9.17) is 10.00 Å². The number of nitriles is 1. The Morgan fingerprint density at radius 3 is 2.69 bits per heavy atom. The second-order valence-corrected chi connectivity index (χ2v) is 3.69. The number of nitrogens with zero attached hydrogens (tertiary/aromatic N) is 1. The molecule has 0 bridgehead atoms. The molecular formula is C10H10BrNO. The van der Waals surface area contributed by atoms with Crippen LogP contribution in [0.3, 0.4) is 0 Å². The van der Waals surface area contributed by atoms with Crippen molar-refractivity contribution in [3.8, 4) is 11.8 Å². The molecule has 1 aromatic carbocycles. The molecule has 68 valence electrons. The average molecular weight is 240 g/mol. The third kappa shape index (κ3) is 2.46. The van der Waals surface area contributed by atoms with Gasteiger partial charge in [-0.05, 0) is 41.9 Å². The largest absolute Gasteiger partial charge is 0.490 e. The molecule has 0 aliphatic rings. The van der Waals surface area contributed by atoms with E-state index in [0.717, 1.165) is 4.47 Å². The van der Waals surface area contributed by atoms with Crippen LogP contribution in [0.2, 0.25) is 0 Å². The molecule has 13 heavy (non-hydrogen) atoms. The summed E-state index contributed by atoms with van der Waals surface area (Å²) in [6.45, 7) is 3.90. The lowest BCUT2D eigenvalue weighted by atomic mass is 10.2. The van der Waals surface area contributed by atoms with Gasteiger partial charge in [-0.15, -0.1) is 0 Å². The summed E-state index contributed by atoms with van der Waals surface area (Å²) in [4.78, 5) is 0. The minimum Gasteiger partial charge on any atom is -0.490 e. The van der Waals surface area contributed by atoms with Crippen molar-refractivity contribution in [1.82, 2.24) is 0 Å². The molecule has 2 nitrogen and oxygen atoms in total. The smallest absolute Gasteiger partial charge is 0.135 e. The fraction of sp³-hybridized carbons (Fsp3) is 0.300. The van der Waals surface area contributed by atoms with Gasteiger partial charge in [0.25, 0.3) is 0 Å². The van der Waals surface area contributed by atoms with Gasteiger partial charge in [0.05, 0.1) is 16.1 Å². The van der Waals surface area contributed by atoms with Crippen molar-refractivity contribution < 1.29 is 4.74 Å². The van der Waals surface area contributed by atoms with Crippen LogP contribution in [0.5, 0.6) is 5.75 Å². The Kier molecular flexibility index (Phi) is 3.32. The Bertz CT molecular complexity index is 341. The fourth-order valence-corrected chi connectivity index (χ4v) is 1.39. The molecule has 3 heteroatoms. The summed E-state index contributed by atoms with van der Waals surface area (Å²) in [5, 5.41) is 8.74. The number of hydrogen-bond acceptors (Lipinski definition) is 2. The number of halogens is 1. The lowest BCUT2D eigenvalue weighted by Crippen LogP contribution is -2.06. The predicted molar refractivity (Wildman–Crippen MR) is 54.6 cm³/mol. The molecule has 0 fully saturated rings. The molecule has 0 atom stereocenters. The van der Waals surface area contributed by atoms with Crippen molar-refractivity contribution in [1.29, 1.82) is 5.26 Å². The van der Waals surface area contributed by atoms with E-state index in [9.17, 15) is 0 Å². The van der Waals surface area contributed by atoms with Gasteiger partial charge in [0.1, 0.15) is 11.8 Å². The first kappa shape index (κ1) is 10.1. The van der Waals surface area contributed by atoms with E-state index in [1.165, 1.54) is 0 Å². The van der Waals surface area contributed by atoms with Crippen molar-refractivity contribution in [3.05, 3.63) is 28.2 Å². The zero-order valence-corrected chi connectivity index (χ0v) is 9.13. The maximum absolute atomic E-state index is 8.74. The number of ether oxygens (including phenoxy) is 1. The molecule has 1 rings (SSSR count). The van der Waals surface area contributed by atoms with E-state index in [0.29, 0.717) is 11.3 Å². The lowest BCUT2D eigenvalue weighted by molar-refractivity contribution is 0.241. The van der Waals surface area contributed by atoms with Gasteiger partial charge < -0.3 is 4.74 Å². The Morgan fingerprint density at radius 2 is 2.15 bits per heavy atom. The van der Waals surface area contributed by atoms with Crippen molar-refractivity contribution in [2.45, 2.75) is 20.0 Å². The Morgan fingerprint density at radius 1 is 1.46 bits per heavy atom. The number of hydrogen-bond donors (Lipinski definition) is 0. The maximum Gasteiger partial charge on any atom is 0.135 e. The van der Waals surface area contributed by atoms with Crippen LogP contribution in [0.15, 0.2) is 22.7 Å². The average Bonchev–Trinajstić information content (AvgIpc) is 2.08. The van der Waals surface area contributed by atoms with E-state index >= 15 is 0 Å². The van der Waals surface area contributed by atoms with Crippen molar-refractivity contribution in [2.75, 3.05) is 0 Å². The number of benzene rings is 1. The minimum atomic E-state index is 0.116. The topological polar surface area (TPSA) is 33.0 Å². The highest BCUT2D eigenvalue weighted by molar-refractivity contribution is 9.10. The van der Waals surface area contributed by atoms with Crippen LogP contribution in [-0.4, -0.2) is 6.10 Å². The second kappa shape index (κ2) is 4.29. The molecular weight excluding hydrogens is 230 g/mol. The zero-order valence-electron chi connectivity index (χ0n) is 7.54. The van der Waals surface area contributed by atoms with Crippen LogP contribution in [0.4, 0.5) is 0 Å². The van der Waals surface area contributed by atoms with Crippen LogP contribution in [0.25, 0.3) is 0 Å². The highest BCUT2D eigenvalue weighted by Crippen LogP contribution is 2.28. The Labute approximate surface area is 86.3 Å². The minimum absolute atomic E-state index is 0.116. The summed E-state index contributed by atoms with van der Waals surface area (Å²) in [6, 6.07) is 7.47. The normalized spacial score (nSPS) is 9.77. The Balaban J connectivity index is 3.03. The van der Waals surface area contributed by atoms with Gasteiger partial charge >= 0.3 is 0 Å². The van der Waals surface area contributed by atoms with Gasteiger partial charge in [-0.25, -0.2) is 0 Å². The quantitative estimate of drug-likeness (QED) is 0.795. The van der Waals surface area contributed by atoms with Gasteiger partial charge in [-0.1, -0.05) is 6.07 Å². The van der Waals surface area contributed by atoms with E-state index in [1.807, 2.05) is 19.9 Å². The van der Waals surface area contributed by atoms with Gasteiger partial charge in [-0.3, -0.25) is 0 Å². The molecule has 0 N–H and O–H groups in total. The lowest BCUT2D eigenvalue weighted by Gasteiger charge is -2.11. The van der Waals surface area contributed by atoms with Crippen LogP contribution < -0.4 is 4.74 Å². The molecule has 0 saturated carbocycles. The van der Waals surface area contributed by atoms with Gasteiger partial charge in [0.15, 0.2) is 0 Å². The van der Waals surface area contributed by atoms with E-state index in [1.54, 1.807) is 12.1 Å². The highest BCUT2D eigenvalue weighted by atomic mass is 79.9. The SMILES string of the molecule is CC(C)Oc1cccc(C#N)c1Br. The summed E-state index contributed by atoms with van der Waals surface area (Å²) in [5.41, 5.74) is 0.596. The van der Waals surface area contributed by atoms with Crippen molar-refractivity contribution >= 4 is 15.9 Å². The van der Waals surface area contributed by atoms with Gasteiger partial charge in [0, 0.05) is 0 Å². The molecule has 0 heterocycles. The van der Waals surface area contributed by atoms with Crippen LogP contribution >= 0.6 is 15.9 Å². The summed E-state index contributed by atoms with van der Waals surface area (Å²) in [7, 11) is 0. The van der Waals surface area contributed by atoms with Crippen LogP contribution in [0.1, 0.15) is 19.4 Å². The van der Waals surface area contributed by atoms with E-state index in [2.05, 4.69) is 22.0 Å². The van der Waals surface area contributed by atoms with E-state index < -0.39 is 0 Å². The van der Waals surface area contributed by atoms with Crippen LogP contribution in [-0.2, 0) is 0 Å². The zero-order chi connectivity index (χ0) is 9.84. The van der Waals surface area contributed by atoms with E-state index in [-0.39, 0.29) is 6.10 Å². The van der Waals surface area contributed by atoms with Crippen molar-refractivity contribution in [2.24, 2.45) is 0 Å². The molecule has 0 radical (unpaired) electrons. The molecule has 0 unspecified atom stereocenters. The molecule has 0 aliphatic carbocycles. The first-order valence-electron chi connectivity index (χ1n) is 4.00. The van der Waals surface area contributed by atoms with Gasteiger partial charge in [-0.2, -0.15) is 5.26 Å². The first-order valence-corrected chi connectivity index (χ1v) is 4.79. The monoisotopic (exact) mass is 239 g/mol. The summed E-state index contributed by atoms with van der Waals surface area (Å²) >= 11 is 3.32. The highest BCUT2D eigenvalue weighted by Gasteiger charge is 2.06. The molecule has 1 aromatic rings. The molecule has 0 saturated heterocycles.